The Kier molecular flexibility index (Phi) is 5.22. The Morgan fingerprint density at radius 1 is 1.47 bits per heavy atom. The molecule has 1 rings (SSSR count). The van der Waals surface area contributed by atoms with Crippen LogP contribution in [0.25, 0.3) is 0 Å². The molecule has 0 bridgehead atoms. The highest BCUT2D eigenvalue weighted by atomic mass is 16.5. The van der Waals surface area contributed by atoms with Crippen molar-refractivity contribution in [2.24, 2.45) is 16.6 Å². The van der Waals surface area contributed by atoms with Gasteiger partial charge in [0.15, 0.2) is 5.96 Å². The molecule has 1 heterocycles. The molecule has 1 aliphatic heterocycles. The third-order valence-electron chi connectivity index (χ3n) is 2.76. The summed E-state index contributed by atoms with van der Waals surface area (Å²) in [5, 5.41) is 3.13. The van der Waals surface area contributed by atoms with Crippen LogP contribution in [0.15, 0.2) is 29.3 Å². The van der Waals surface area contributed by atoms with Gasteiger partial charge in [-0.3, -0.25) is 0 Å². The Bertz CT molecular complexity index is 323. The fourth-order valence-corrected chi connectivity index (χ4v) is 1.90. The molecule has 1 saturated heterocycles. The van der Waals surface area contributed by atoms with Gasteiger partial charge in [0.2, 0.25) is 0 Å². The molecule has 0 aromatic heterocycles. The molecular weight excluding hydrogens is 214 g/mol. The van der Waals surface area contributed by atoms with Crippen LogP contribution in [0.2, 0.25) is 0 Å². The van der Waals surface area contributed by atoms with Crippen molar-refractivity contribution in [3.8, 4) is 0 Å². The first-order chi connectivity index (χ1) is 8.00. The lowest BCUT2D eigenvalue weighted by Crippen LogP contribution is -2.38. The summed E-state index contributed by atoms with van der Waals surface area (Å²) in [6.45, 7) is 13.8. The van der Waals surface area contributed by atoms with E-state index < -0.39 is 0 Å². The second kappa shape index (κ2) is 6.45. The van der Waals surface area contributed by atoms with Gasteiger partial charge in [0.25, 0.3) is 0 Å². The van der Waals surface area contributed by atoms with E-state index in [1.165, 1.54) is 0 Å². The summed E-state index contributed by atoms with van der Waals surface area (Å²) in [7, 11) is 0. The summed E-state index contributed by atoms with van der Waals surface area (Å²) in [4.78, 5) is 4.18. The molecule has 0 radical (unpaired) electrons. The molecule has 0 amide bonds. The van der Waals surface area contributed by atoms with Gasteiger partial charge in [-0.1, -0.05) is 24.3 Å². The second-order valence-electron chi connectivity index (χ2n) is 4.73. The highest BCUT2D eigenvalue weighted by molar-refractivity contribution is 5.77. The van der Waals surface area contributed by atoms with Gasteiger partial charge >= 0.3 is 0 Å². The Balaban J connectivity index is 2.37. The van der Waals surface area contributed by atoms with E-state index in [-0.39, 0.29) is 6.10 Å². The van der Waals surface area contributed by atoms with Gasteiger partial charge in [-0.05, 0) is 20.3 Å². The van der Waals surface area contributed by atoms with Crippen LogP contribution in [0.1, 0.15) is 20.3 Å². The van der Waals surface area contributed by atoms with E-state index in [1.54, 1.807) is 0 Å². The molecule has 1 aliphatic rings. The molecule has 0 saturated carbocycles. The molecule has 3 N–H and O–H groups in total. The number of nitrogens with two attached hydrogens (primary N) is 1. The van der Waals surface area contributed by atoms with E-state index in [0.717, 1.165) is 30.7 Å². The third-order valence-corrected chi connectivity index (χ3v) is 2.76. The fraction of sp³-hybridized carbons (Fsp3) is 0.615. The van der Waals surface area contributed by atoms with E-state index in [9.17, 15) is 0 Å². The lowest BCUT2D eigenvalue weighted by atomic mass is 9.97. The number of hydrogen-bond acceptors (Lipinski definition) is 2. The van der Waals surface area contributed by atoms with E-state index >= 15 is 0 Å². The predicted molar refractivity (Wildman–Crippen MR) is 72.0 cm³/mol. The summed E-state index contributed by atoms with van der Waals surface area (Å²) in [6.07, 6.45) is 1.19. The lowest BCUT2D eigenvalue weighted by molar-refractivity contribution is 0.119. The number of ether oxygens (including phenoxy) is 1. The van der Waals surface area contributed by atoms with Crippen molar-refractivity contribution in [1.82, 2.24) is 5.32 Å². The standard InChI is InChI=1S/C13H23N3O/c1-9(2)7-15-13(14)16-8-11-5-6-17-12(11)10(3)4/h11-12H,1,3,5-8H2,2,4H3,(H3,14,15,16). The van der Waals surface area contributed by atoms with Crippen LogP contribution in [0, 0.1) is 5.92 Å². The summed E-state index contributed by atoms with van der Waals surface area (Å²) in [5.74, 6) is 0.909. The molecule has 0 aliphatic carbocycles. The van der Waals surface area contributed by atoms with Crippen LogP contribution in [-0.2, 0) is 4.74 Å². The van der Waals surface area contributed by atoms with Gasteiger partial charge in [0.05, 0.1) is 12.6 Å². The molecule has 0 spiro atoms. The van der Waals surface area contributed by atoms with Crippen LogP contribution in [-0.4, -0.2) is 31.8 Å². The van der Waals surface area contributed by atoms with Crippen molar-refractivity contribution in [1.29, 1.82) is 0 Å². The number of nitrogens with one attached hydrogen (secondary N) is 1. The molecule has 0 aromatic carbocycles. The summed E-state index contributed by atoms with van der Waals surface area (Å²) >= 11 is 0. The maximum absolute atomic E-state index is 5.76. The van der Waals surface area contributed by atoms with Crippen molar-refractivity contribution in [3.63, 3.8) is 0 Å². The first-order valence-corrected chi connectivity index (χ1v) is 5.96. The molecule has 1 fully saturated rings. The Morgan fingerprint density at radius 2 is 2.18 bits per heavy atom. The number of rotatable bonds is 5. The SMILES string of the molecule is C=C(C)CN=C(N)NCC1CCOC1C(=C)C. The maximum Gasteiger partial charge on any atom is 0.188 e. The molecule has 4 nitrogen and oxygen atoms in total. The topological polar surface area (TPSA) is 59.6 Å². The normalized spacial score (nSPS) is 24.7. The third kappa shape index (κ3) is 4.61. The Hall–Kier alpha value is -1.29. The summed E-state index contributed by atoms with van der Waals surface area (Å²) in [5.41, 5.74) is 7.83. The minimum atomic E-state index is 0.149. The molecule has 96 valence electrons. The molecular formula is C13H23N3O. The number of nitrogens with zero attached hydrogens (tertiary/aromatic N) is 1. The average Bonchev–Trinajstić information content (AvgIpc) is 2.71. The van der Waals surface area contributed by atoms with Gasteiger partial charge in [-0.15, -0.1) is 0 Å². The molecule has 17 heavy (non-hydrogen) atoms. The monoisotopic (exact) mass is 237 g/mol. The van der Waals surface area contributed by atoms with Crippen molar-refractivity contribution in [2.75, 3.05) is 19.7 Å². The van der Waals surface area contributed by atoms with E-state index in [4.69, 9.17) is 10.5 Å². The van der Waals surface area contributed by atoms with Crippen molar-refractivity contribution < 1.29 is 4.74 Å². The smallest absolute Gasteiger partial charge is 0.188 e. The minimum Gasteiger partial charge on any atom is -0.374 e. The van der Waals surface area contributed by atoms with Crippen LogP contribution in [0.4, 0.5) is 0 Å². The highest BCUT2D eigenvalue weighted by Crippen LogP contribution is 2.24. The van der Waals surface area contributed by atoms with Crippen molar-refractivity contribution in [2.45, 2.75) is 26.4 Å². The van der Waals surface area contributed by atoms with Crippen LogP contribution in [0.3, 0.4) is 0 Å². The predicted octanol–water partition coefficient (Wildman–Crippen LogP) is 1.45. The van der Waals surface area contributed by atoms with E-state index in [0.29, 0.717) is 18.4 Å². The summed E-state index contributed by atoms with van der Waals surface area (Å²) < 4.78 is 5.62. The van der Waals surface area contributed by atoms with Gasteiger partial charge in [0.1, 0.15) is 0 Å². The van der Waals surface area contributed by atoms with Gasteiger partial charge in [0, 0.05) is 19.1 Å². The minimum absolute atomic E-state index is 0.149. The zero-order chi connectivity index (χ0) is 12.8. The van der Waals surface area contributed by atoms with Gasteiger partial charge in [-0.25, -0.2) is 4.99 Å². The molecule has 2 atom stereocenters. The van der Waals surface area contributed by atoms with Gasteiger partial charge < -0.3 is 15.8 Å². The molecule has 4 heteroatoms. The zero-order valence-electron chi connectivity index (χ0n) is 10.8. The quantitative estimate of drug-likeness (QED) is 0.432. The zero-order valence-corrected chi connectivity index (χ0v) is 10.8. The average molecular weight is 237 g/mol. The maximum atomic E-state index is 5.76. The van der Waals surface area contributed by atoms with Crippen molar-refractivity contribution >= 4 is 5.96 Å². The summed E-state index contributed by atoms with van der Waals surface area (Å²) in [6, 6.07) is 0. The molecule has 2 unspecified atom stereocenters. The second-order valence-corrected chi connectivity index (χ2v) is 4.73. The molecule has 0 aromatic rings. The fourth-order valence-electron chi connectivity index (χ4n) is 1.90. The van der Waals surface area contributed by atoms with Crippen LogP contribution >= 0.6 is 0 Å². The van der Waals surface area contributed by atoms with Crippen LogP contribution in [0.5, 0.6) is 0 Å². The first kappa shape index (κ1) is 13.8. The Morgan fingerprint density at radius 3 is 2.76 bits per heavy atom. The largest absolute Gasteiger partial charge is 0.374 e. The number of hydrogen-bond donors (Lipinski definition) is 2. The lowest BCUT2D eigenvalue weighted by Gasteiger charge is -2.19. The van der Waals surface area contributed by atoms with E-state index in [2.05, 4.69) is 23.5 Å². The number of guanidine groups is 1. The van der Waals surface area contributed by atoms with E-state index in [1.807, 2.05) is 13.8 Å². The van der Waals surface area contributed by atoms with Crippen LogP contribution < -0.4 is 11.1 Å². The number of aliphatic imine (C=N–C) groups is 1. The highest BCUT2D eigenvalue weighted by Gasteiger charge is 2.28. The van der Waals surface area contributed by atoms with Crippen molar-refractivity contribution in [3.05, 3.63) is 24.3 Å². The van der Waals surface area contributed by atoms with Gasteiger partial charge in [-0.2, -0.15) is 0 Å². The first-order valence-electron chi connectivity index (χ1n) is 5.96. The Labute approximate surface area is 104 Å².